The molecule has 1 aliphatic heterocycles. The Kier molecular flexibility index (Phi) is 7.33. The summed E-state index contributed by atoms with van der Waals surface area (Å²) in [5.74, 6) is -0.0945. The number of amides is 2. The topological polar surface area (TPSA) is 46.2 Å². The van der Waals surface area contributed by atoms with E-state index >= 15 is 0 Å². The highest BCUT2D eigenvalue weighted by atomic mass is 32.2. The van der Waals surface area contributed by atoms with Crippen molar-refractivity contribution >= 4 is 22.9 Å². The van der Waals surface area contributed by atoms with Gasteiger partial charge >= 0.3 is 0 Å². The molecule has 0 aromatic rings. The Morgan fingerprint density at radius 2 is 1.59 bits per heavy atom. The van der Waals surface area contributed by atoms with Crippen molar-refractivity contribution in [2.75, 3.05) is 0 Å². The zero-order valence-corrected chi connectivity index (χ0v) is 11.5. The molecule has 3 nitrogen and oxygen atoms in total. The Balaban J connectivity index is 1.91. The second-order valence-electron chi connectivity index (χ2n) is 4.65. The standard InChI is InChI=1S/C13H23NO2S/c1-2-3-4-5-6-7-8-9-10-11-12(15)14-13(16)17-11/h11H,2-10H2,1H3,(H,14,15,16). The summed E-state index contributed by atoms with van der Waals surface area (Å²) in [6.07, 6.45) is 11.0. The predicted octanol–water partition coefficient (Wildman–Crippen LogP) is 3.87. The van der Waals surface area contributed by atoms with Crippen LogP contribution in [0.25, 0.3) is 0 Å². The molecule has 1 atom stereocenters. The summed E-state index contributed by atoms with van der Waals surface area (Å²) < 4.78 is 0. The lowest BCUT2D eigenvalue weighted by atomic mass is 10.1. The molecule has 0 spiro atoms. The van der Waals surface area contributed by atoms with E-state index in [1.165, 1.54) is 44.9 Å². The zero-order chi connectivity index (χ0) is 12.5. The van der Waals surface area contributed by atoms with Gasteiger partial charge in [-0.3, -0.25) is 14.9 Å². The van der Waals surface area contributed by atoms with Crippen molar-refractivity contribution in [3.05, 3.63) is 0 Å². The Morgan fingerprint density at radius 3 is 2.12 bits per heavy atom. The molecule has 0 radical (unpaired) electrons. The molecule has 0 aromatic carbocycles. The summed E-state index contributed by atoms with van der Waals surface area (Å²) in [5, 5.41) is 2.02. The van der Waals surface area contributed by atoms with Crippen LogP contribution in [-0.2, 0) is 4.79 Å². The van der Waals surface area contributed by atoms with Crippen molar-refractivity contribution < 1.29 is 9.59 Å². The number of rotatable bonds is 9. The van der Waals surface area contributed by atoms with Crippen LogP contribution in [-0.4, -0.2) is 16.4 Å². The van der Waals surface area contributed by atoms with Gasteiger partial charge in [-0.15, -0.1) is 0 Å². The van der Waals surface area contributed by atoms with Gasteiger partial charge in [0.15, 0.2) is 0 Å². The average Bonchev–Trinajstić information content (AvgIpc) is 2.61. The van der Waals surface area contributed by atoms with Gasteiger partial charge in [-0.2, -0.15) is 0 Å². The van der Waals surface area contributed by atoms with Crippen LogP contribution in [0.3, 0.4) is 0 Å². The molecule has 2 amide bonds. The highest BCUT2D eigenvalue weighted by Crippen LogP contribution is 2.24. The summed E-state index contributed by atoms with van der Waals surface area (Å²) in [5.41, 5.74) is 0. The minimum atomic E-state index is -0.181. The second kappa shape index (κ2) is 8.56. The van der Waals surface area contributed by atoms with E-state index in [4.69, 9.17) is 0 Å². The fourth-order valence-electron chi connectivity index (χ4n) is 2.05. The summed E-state index contributed by atoms with van der Waals surface area (Å²) in [6.45, 7) is 2.23. The van der Waals surface area contributed by atoms with Crippen LogP contribution in [0.4, 0.5) is 4.79 Å². The van der Waals surface area contributed by atoms with E-state index in [9.17, 15) is 9.59 Å². The molecule has 1 unspecified atom stereocenters. The normalized spacial score (nSPS) is 19.7. The molecule has 98 valence electrons. The third kappa shape index (κ3) is 6.10. The van der Waals surface area contributed by atoms with Gasteiger partial charge in [-0.25, -0.2) is 0 Å². The van der Waals surface area contributed by atoms with Gasteiger partial charge in [0.25, 0.3) is 5.24 Å². The number of hydrogen-bond acceptors (Lipinski definition) is 3. The average molecular weight is 257 g/mol. The number of carbonyl (C=O) groups excluding carboxylic acids is 2. The van der Waals surface area contributed by atoms with Gasteiger partial charge in [-0.1, -0.05) is 70.1 Å². The van der Waals surface area contributed by atoms with E-state index in [0.29, 0.717) is 0 Å². The van der Waals surface area contributed by atoms with Crippen molar-refractivity contribution in [2.24, 2.45) is 0 Å². The molecule has 1 heterocycles. The zero-order valence-electron chi connectivity index (χ0n) is 10.7. The Labute approximate surface area is 108 Å². The van der Waals surface area contributed by atoms with Crippen LogP contribution >= 0.6 is 11.8 Å². The highest BCUT2D eigenvalue weighted by molar-refractivity contribution is 8.15. The first-order chi connectivity index (χ1) is 8.24. The van der Waals surface area contributed by atoms with Gasteiger partial charge in [0.05, 0.1) is 5.25 Å². The Morgan fingerprint density at radius 1 is 1.00 bits per heavy atom. The maximum atomic E-state index is 11.3. The number of thioether (sulfide) groups is 1. The van der Waals surface area contributed by atoms with E-state index in [0.717, 1.165) is 24.6 Å². The van der Waals surface area contributed by atoms with E-state index in [1.54, 1.807) is 0 Å². The first-order valence-electron chi connectivity index (χ1n) is 6.75. The number of hydrogen-bond donors (Lipinski definition) is 1. The molecule has 1 N–H and O–H groups in total. The first-order valence-corrected chi connectivity index (χ1v) is 7.63. The lowest BCUT2D eigenvalue weighted by molar-refractivity contribution is -0.119. The summed E-state index contributed by atoms with van der Waals surface area (Å²) >= 11 is 1.15. The van der Waals surface area contributed by atoms with E-state index in [1.807, 2.05) is 0 Å². The van der Waals surface area contributed by atoms with Crippen LogP contribution in [0.1, 0.15) is 64.7 Å². The monoisotopic (exact) mass is 257 g/mol. The third-order valence-corrected chi connectivity index (χ3v) is 4.14. The predicted molar refractivity (Wildman–Crippen MR) is 72.1 cm³/mol. The highest BCUT2D eigenvalue weighted by Gasteiger charge is 2.30. The Bertz CT molecular complexity index is 256. The van der Waals surface area contributed by atoms with Gasteiger partial charge in [0, 0.05) is 0 Å². The van der Waals surface area contributed by atoms with Crippen molar-refractivity contribution in [1.29, 1.82) is 0 Å². The maximum absolute atomic E-state index is 11.3. The van der Waals surface area contributed by atoms with E-state index in [2.05, 4.69) is 12.2 Å². The van der Waals surface area contributed by atoms with Crippen molar-refractivity contribution in [3.63, 3.8) is 0 Å². The maximum Gasteiger partial charge on any atom is 0.286 e. The number of unbranched alkanes of at least 4 members (excludes halogenated alkanes) is 7. The summed E-state index contributed by atoms with van der Waals surface area (Å²) in [4.78, 5) is 22.2. The van der Waals surface area contributed by atoms with Gasteiger partial charge in [-0.05, 0) is 6.42 Å². The molecular weight excluding hydrogens is 234 g/mol. The van der Waals surface area contributed by atoms with Gasteiger partial charge in [0.1, 0.15) is 0 Å². The number of imide groups is 1. The number of nitrogens with one attached hydrogen (secondary N) is 1. The van der Waals surface area contributed by atoms with Crippen molar-refractivity contribution in [1.82, 2.24) is 5.32 Å². The SMILES string of the molecule is CCCCCCCCCCC1SC(=O)NC1=O. The molecule has 1 rings (SSSR count). The van der Waals surface area contributed by atoms with Gasteiger partial charge in [0.2, 0.25) is 5.91 Å². The molecule has 1 saturated heterocycles. The molecule has 0 aromatic heterocycles. The molecular formula is C13H23NO2S. The molecule has 0 saturated carbocycles. The molecule has 0 bridgehead atoms. The van der Waals surface area contributed by atoms with Crippen LogP contribution in [0.15, 0.2) is 0 Å². The smallest absolute Gasteiger partial charge is 0.286 e. The fourth-order valence-corrected chi connectivity index (χ4v) is 2.92. The molecule has 1 fully saturated rings. The molecule has 1 aliphatic rings. The van der Waals surface area contributed by atoms with Crippen LogP contribution in [0.2, 0.25) is 0 Å². The van der Waals surface area contributed by atoms with Crippen molar-refractivity contribution in [2.45, 2.75) is 70.0 Å². The largest absolute Gasteiger partial charge is 0.286 e. The quantitative estimate of drug-likeness (QED) is 0.638. The number of carbonyl (C=O) groups is 2. The molecule has 0 aliphatic carbocycles. The van der Waals surface area contributed by atoms with E-state index < -0.39 is 0 Å². The molecule has 17 heavy (non-hydrogen) atoms. The van der Waals surface area contributed by atoms with Crippen molar-refractivity contribution in [3.8, 4) is 0 Å². The molecule has 4 heteroatoms. The minimum absolute atomic E-state index is 0.0945. The lowest BCUT2D eigenvalue weighted by Gasteiger charge is -2.04. The minimum Gasteiger partial charge on any atom is -0.286 e. The third-order valence-electron chi connectivity index (χ3n) is 3.09. The summed E-state index contributed by atoms with van der Waals surface area (Å²) in [7, 11) is 0. The van der Waals surface area contributed by atoms with Crippen LogP contribution < -0.4 is 5.32 Å². The van der Waals surface area contributed by atoms with Crippen LogP contribution in [0, 0.1) is 0 Å². The first kappa shape index (κ1) is 14.6. The van der Waals surface area contributed by atoms with Crippen LogP contribution in [0.5, 0.6) is 0 Å². The lowest BCUT2D eigenvalue weighted by Crippen LogP contribution is -2.23. The van der Waals surface area contributed by atoms with E-state index in [-0.39, 0.29) is 16.4 Å². The summed E-state index contributed by atoms with van der Waals surface area (Å²) in [6, 6.07) is 0. The van der Waals surface area contributed by atoms with Gasteiger partial charge < -0.3 is 0 Å². The fraction of sp³-hybridized carbons (Fsp3) is 0.846. The second-order valence-corrected chi connectivity index (χ2v) is 5.82. The Hall–Kier alpha value is -0.510.